The van der Waals surface area contributed by atoms with Gasteiger partial charge in [0.15, 0.2) is 5.82 Å². The lowest BCUT2D eigenvalue weighted by Gasteiger charge is -2.35. The van der Waals surface area contributed by atoms with Crippen molar-refractivity contribution in [3.8, 4) is 0 Å². The van der Waals surface area contributed by atoms with E-state index in [1.165, 1.54) is 10.5 Å². The minimum atomic E-state index is -3.54. The number of rotatable bonds is 7. The van der Waals surface area contributed by atoms with Crippen LogP contribution in [0.1, 0.15) is 12.2 Å². The lowest BCUT2D eigenvalue weighted by atomic mass is 10.2. The molecule has 0 bridgehead atoms. The maximum absolute atomic E-state index is 12.7. The van der Waals surface area contributed by atoms with Crippen molar-refractivity contribution in [2.45, 2.75) is 18.2 Å². The number of hydrogen-bond acceptors (Lipinski definition) is 9. The number of ether oxygens (including phenoxy) is 1. The van der Waals surface area contributed by atoms with Gasteiger partial charge in [-0.2, -0.15) is 4.31 Å². The Bertz CT molecular complexity index is 1010. The highest BCUT2D eigenvalue weighted by Crippen LogP contribution is 2.20. The molecule has 0 aromatic carbocycles. The van der Waals surface area contributed by atoms with Gasteiger partial charge in [-0.25, -0.2) is 13.4 Å². The third-order valence-electron chi connectivity index (χ3n) is 5.58. The van der Waals surface area contributed by atoms with Crippen LogP contribution in [-0.4, -0.2) is 92.7 Å². The monoisotopic (exact) mass is 464 g/mol. The van der Waals surface area contributed by atoms with Gasteiger partial charge in [0.2, 0.25) is 15.9 Å². The molecule has 174 valence electrons. The average molecular weight is 465 g/mol. The maximum atomic E-state index is 12.7. The summed E-state index contributed by atoms with van der Waals surface area (Å²) in [5.74, 6) is 1.74. The second-order valence-electron chi connectivity index (χ2n) is 7.82. The Balaban J connectivity index is 1.24. The van der Waals surface area contributed by atoms with Gasteiger partial charge < -0.3 is 19.5 Å². The van der Waals surface area contributed by atoms with Gasteiger partial charge in [-0.3, -0.25) is 9.69 Å². The zero-order chi connectivity index (χ0) is 22.6. The van der Waals surface area contributed by atoms with Gasteiger partial charge in [-0.1, -0.05) is 5.16 Å². The number of anilines is 2. The Kier molecular flexibility index (Phi) is 7.04. The first-order chi connectivity index (χ1) is 15.4. The van der Waals surface area contributed by atoms with Crippen molar-refractivity contribution >= 4 is 27.6 Å². The molecule has 11 nitrogen and oxygen atoms in total. The number of aryl methyl sites for hydroxylation is 1. The van der Waals surface area contributed by atoms with Crippen molar-refractivity contribution in [2.75, 3.05) is 69.2 Å². The number of nitrogens with one attached hydrogen (secondary N) is 1. The number of nitrogens with zero attached hydrogens (tertiary/aromatic N) is 5. The van der Waals surface area contributed by atoms with Crippen LogP contribution in [0.4, 0.5) is 11.6 Å². The van der Waals surface area contributed by atoms with Crippen LogP contribution in [0.25, 0.3) is 0 Å². The van der Waals surface area contributed by atoms with Crippen LogP contribution in [0.3, 0.4) is 0 Å². The molecule has 1 amide bonds. The minimum absolute atomic E-state index is 0.0977. The number of aromatic nitrogens is 2. The first-order valence-corrected chi connectivity index (χ1v) is 12.1. The number of carbonyl (C=O) groups is 1. The smallest absolute Gasteiger partial charge is 0.244 e. The van der Waals surface area contributed by atoms with Crippen molar-refractivity contribution in [3.05, 3.63) is 30.2 Å². The SMILES string of the molecule is Cc1cc(NC(=O)CCN2CCN(c3ccc(S(=O)(=O)N4CCOCC4)cn3)CC2)no1. The topological polar surface area (TPSA) is 121 Å². The molecule has 0 saturated carbocycles. The maximum Gasteiger partial charge on any atom is 0.244 e. The van der Waals surface area contributed by atoms with Crippen LogP contribution in [-0.2, 0) is 19.6 Å². The van der Waals surface area contributed by atoms with E-state index in [0.29, 0.717) is 50.8 Å². The van der Waals surface area contributed by atoms with E-state index in [1.807, 2.05) is 0 Å². The lowest BCUT2D eigenvalue weighted by Crippen LogP contribution is -2.47. The summed E-state index contributed by atoms with van der Waals surface area (Å²) in [5, 5.41) is 6.49. The predicted octanol–water partition coefficient (Wildman–Crippen LogP) is 0.550. The zero-order valence-electron chi connectivity index (χ0n) is 18.1. The molecule has 0 radical (unpaired) electrons. The van der Waals surface area contributed by atoms with Crippen LogP contribution >= 0.6 is 0 Å². The first kappa shape index (κ1) is 22.6. The quantitative estimate of drug-likeness (QED) is 0.626. The standard InChI is InChI=1S/C20H28N6O5S/c1-16-14-18(23-31-16)22-20(27)4-5-24-6-8-25(9-7-24)19-3-2-17(15-21-19)32(28,29)26-10-12-30-13-11-26/h2-3,14-15H,4-13H2,1H3,(H,22,23,27). The molecule has 2 aliphatic rings. The number of hydrogen-bond donors (Lipinski definition) is 1. The van der Waals surface area contributed by atoms with Gasteiger partial charge in [-0.15, -0.1) is 0 Å². The molecule has 2 aliphatic heterocycles. The molecule has 4 rings (SSSR count). The van der Waals surface area contributed by atoms with Crippen LogP contribution in [0.5, 0.6) is 0 Å². The summed E-state index contributed by atoms with van der Waals surface area (Å²) in [7, 11) is -3.54. The van der Waals surface area contributed by atoms with E-state index in [4.69, 9.17) is 9.26 Å². The molecule has 12 heteroatoms. The van der Waals surface area contributed by atoms with Gasteiger partial charge in [0.25, 0.3) is 0 Å². The molecule has 2 aromatic heterocycles. The summed E-state index contributed by atoms with van der Waals surface area (Å²) in [6.45, 7) is 7.09. The lowest BCUT2D eigenvalue weighted by molar-refractivity contribution is -0.116. The fraction of sp³-hybridized carbons (Fsp3) is 0.550. The fourth-order valence-electron chi connectivity index (χ4n) is 3.74. The van der Waals surface area contributed by atoms with E-state index >= 15 is 0 Å². The molecule has 0 spiro atoms. The van der Waals surface area contributed by atoms with Crippen LogP contribution in [0.15, 0.2) is 33.8 Å². The van der Waals surface area contributed by atoms with E-state index in [1.54, 1.807) is 25.1 Å². The van der Waals surface area contributed by atoms with E-state index in [0.717, 1.165) is 32.0 Å². The Morgan fingerprint density at radius 3 is 2.50 bits per heavy atom. The summed E-state index contributed by atoms with van der Waals surface area (Å²) in [6.07, 6.45) is 1.81. The first-order valence-electron chi connectivity index (χ1n) is 10.7. The predicted molar refractivity (Wildman–Crippen MR) is 117 cm³/mol. The highest BCUT2D eigenvalue weighted by molar-refractivity contribution is 7.89. The third kappa shape index (κ3) is 5.44. The van der Waals surface area contributed by atoms with Gasteiger partial charge in [0, 0.05) is 64.5 Å². The Morgan fingerprint density at radius 1 is 1.12 bits per heavy atom. The number of carbonyl (C=O) groups excluding carboxylic acids is 1. The summed E-state index contributed by atoms with van der Waals surface area (Å²) in [4.78, 5) is 21.0. The number of amides is 1. The minimum Gasteiger partial charge on any atom is -0.379 e. The van der Waals surface area contributed by atoms with Crippen molar-refractivity contribution in [3.63, 3.8) is 0 Å². The van der Waals surface area contributed by atoms with Crippen molar-refractivity contribution in [2.24, 2.45) is 0 Å². The molecule has 1 N–H and O–H groups in total. The van der Waals surface area contributed by atoms with Gasteiger partial charge in [0.05, 0.1) is 13.2 Å². The van der Waals surface area contributed by atoms with Gasteiger partial charge in [-0.05, 0) is 19.1 Å². The molecule has 2 fully saturated rings. The zero-order valence-corrected chi connectivity index (χ0v) is 18.9. The Hall–Kier alpha value is -2.54. The number of pyridine rings is 1. The summed E-state index contributed by atoms with van der Waals surface area (Å²) in [6, 6.07) is 5.06. The molecule has 0 atom stereocenters. The molecular formula is C20H28N6O5S. The number of piperazine rings is 1. The van der Waals surface area contributed by atoms with Crippen molar-refractivity contribution in [1.82, 2.24) is 19.3 Å². The van der Waals surface area contributed by atoms with Gasteiger partial charge >= 0.3 is 0 Å². The molecule has 2 saturated heterocycles. The average Bonchev–Trinajstić information content (AvgIpc) is 3.23. The van der Waals surface area contributed by atoms with Gasteiger partial charge in [0.1, 0.15) is 16.5 Å². The number of morpholine rings is 1. The van der Waals surface area contributed by atoms with Crippen LogP contribution < -0.4 is 10.2 Å². The number of sulfonamides is 1. The van der Waals surface area contributed by atoms with E-state index in [-0.39, 0.29) is 10.8 Å². The van der Waals surface area contributed by atoms with Crippen molar-refractivity contribution < 1.29 is 22.5 Å². The molecule has 0 unspecified atom stereocenters. The van der Waals surface area contributed by atoms with Crippen LogP contribution in [0, 0.1) is 6.92 Å². The second-order valence-corrected chi connectivity index (χ2v) is 9.76. The molecule has 32 heavy (non-hydrogen) atoms. The third-order valence-corrected chi connectivity index (χ3v) is 7.46. The largest absolute Gasteiger partial charge is 0.379 e. The highest BCUT2D eigenvalue weighted by Gasteiger charge is 2.27. The second kappa shape index (κ2) is 9.94. The Morgan fingerprint density at radius 2 is 1.88 bits per heavy atom. The van der Waals surface area contributed by atoms with E-state index in [2.05, 4.69) is 25.3 Å². The molecule has 0 aliphatic carbocycles. The normalized spacial score (nSPS) is 18.6. The molecule has 4 heterocycles. The van der Waals surface area contributed by atoms with Crippen molar-refractivity contribution in [1.29, 1.82) is 0 Å². The molecular weight excluding hydrogens is 436 g/mol. The van der Waals surface area contributed by atoms with E-state index < -0.39 is 10.0 Å². The van der Waals surface area contributed by atoms with E-state index in [9.17, 15) is 13.2 Å². The highest BCUT2D eigenvalue weighted by atomic mass is 32.2. The summed E-state index contributed by atoms with van der Waals surface area (Å²) < 4.78 is 37.1. The van der Waals surface area contributed by atoms with Crippen LogP contribution in [0.2, 0.25) is 0 Å². The molecule has 2 aromatic rings. The summed E-state index contributed by atoms with van der Waals surface area (Å²) >= 11 is 0. The summed E-state index contributed by atoms with van der Waals surface area (Å²) in [5.41, 5.74) is 0. The Labute approximate surface area is 187 Å². The fourth-order valence-corrected chi connectivity index (χ4v) is 5.09.